The Morgan fingerprint density at radius 2 is 2.18 bits per heavy atom. The van der Waals surface area contributed by atoms with E-state index >= 15 is 0 Å². The minimum absolute atomic E-state index is 0.546. The van der Waals surface area contributed by atoms with Crippen LogP contribution in [0, 0.1) is 5.92 Å². The molecule has 1 aliphatic carbocycles. The van der Waals surface area contributed by atoms with Crippen LogP contribution in [0.3, 0.4) is 0 Å². The average Bonchev–Trinajstić information content (AvgIpc) is 3.13. The first-order valence-electron chi connectivity index (χ1n) is 7.35. The lowest BCUT2D eigenvalue weighted by Crippen LogP contribution is -2.46. The average molecular weight is 240 g/mol. The lowest BCUT2D eigenvalue weighted by Gasteiger charge is -2.29. The Kier molecular flexibility index (Phi) is 5.26. The van der Waals surface area contributed by atoms with Crippen molar-refractivity contribution in [1.29, 1.82) is 0 Å². The maximum Gasteiger partial charge on any atom is 0.0620 e. The smallest absolute Gasteiger partial charge is 0.0620 e. The van der Waals surface area contributed by atoms with Gasteiger partial charge >= 0.3 is 0 Å². The SMILES string of the molecule is CCC(CC1CC1)NC(C)CC1COCCN1. The fourth-order valence-electron chi connectivity index (χ4n) is 2.78. The molecule has 3 atom stereocenters. The van der Waals surface area contributed by atoms with Gasteiger partial charge in [0.1, 0.15) is 0 Å². The van der Waals surface area contributed by atoms with E-state index in [-0.39, 0.29) is 0 Å². The van der Waals surface area contributed by atoms with Crippen molar-refractivity contribution in [3.8, 4) is 0 Å². The van der Waals surface area contributed by atoms with Crippen LogP contribution >= 0.6 is 0 Å². The van der Waals surface area contributed by atoms with Crippen LogP contribution in [0.1, 0.15) is 46.0 Å². The molecular formula is C14H28N2O. The predicted molar refractivity (Wildman–Crippen MR) is 71.2 cm³/mol. The van der Waals surface area contributed by atoms with Gasteiger partial charge < -0.3 is 15.4 Å². The molecule has 2 N–H and O–H groups in total. The third kappa shape index (κ3) is 4.94. The quantitative estimate of drug-likeness (QED) is 0.713. The summed E-state index contributed by atoms with van der Waals surface area (Å²) < 4.78 is 5.50. The Labute approximate surface area is 106 Å². The lowest BCUT2D eigenvalue weighted by atomic mass is 10.0. The number of hydrogen-bond donors (Lipinski definition) is 2. The topological polar surface area (TPSA) is 33.3 Å². The highest BCUT2D eigenvalue weighted by molar-refractivity contribution is 4.83. The first-order chi connectivity index (χ1) is 8.28. The Bertz CT molecular complexity index is 212. The van der Waals surface area contributed by atoms with Gasteiger partial charge in [0.25, 0.3) is 0 Å². The van der Waals surface area contributed by atoms with Crippen LogP contribution in [0.5, 0.6) is 0 Å². The van der Waals surface area contributed by atoms with Crippen LogP contribution in [0.25, 0.3) is 0 Å². The first kappa shape index (κ1) is 13.3. The van der Waals surface area contributed by atoms with E-state index < -0.39 is 0 Å². The van der Waals surface area contributed by atoms with Gasteiger partial charge in [-0.05, 0) is 32.1 Å². The molecule has 0 aromatic carbocycles. The van der Waals surface area contributed by atoms with E-state index in [4.69, 9.17) is 4.74 Å². The van der Waals surface area contributed by atoms with Crippen LogP contribution in [-0.2, 0) is 4.74 Å². The fourth-order valence-corrected chi connectivity index (χ4v) is 2.78. The summed E-state index contributed by atoms with van der Waals surface area (Å²) in [5.74, 6) is 1.02. The Hall–Kier alpha value is -0.120. The monoisotopic (exact) mass is 240 g/mol. The summed E-state index contributed by atoms with van der Waals surface area (Å²) in [7, 11) is 0. The summed E-state index contributed by atoms with van der Waals surface area (Å²) >= 11 is 0. The van der Waals surface area contributed by atoms with Gasteiger partial charge in [-0.25, -0.2) is 0 Å². The maximum absolute atomic E-state index is 5.50. The van der Waals surface area contributed by atoms with Crippen molar-refractivity contribution in [2.45, 2.75) is 64.1 Å². The van der Waals surface area contributed by atoms with E-state index in [9.17, 15) is 0 Å². The fraction of sp³-hybridized carbons (Fsp3) is 1.00. The molecule has 0 bridgehead atoms. The second kappa shape index (κ2) is 6.72. The molecule has 2 fully saturated rings. The van der Waals surface area contributed by atoms with E-state index in [1.807, 2.05) is 0 Å². The van der Waals surface area contributed by atoms with Crippen molar-refractivity contribution in [3.63, 3.8) is 0 Å². The van der Waals surface area contributed by atoms with Crippen LogP contribution in [0.4, 0.5) is 0 Å². The van der Waals surface area contributed by atoms with Gasteiger partial charge in [0.2, 0.25) is 0 Å². The summed E-state index contributed by atoms with van der Waals surface area (Å²) in [5, 5.41) is 7.32. The zero-order valence-corrected chi connectivity index (χ0v) is 11.4. The summed E-state index contributed by atoms with van der Waals surface area (Å²) in [6.45, 7) is 7.38. The van der Waals surface area contributed by atoms with Gasteiger partial charge in [0.15, 0.2) is 0 Å². The van der Waals surface area contributed by atoms with E-state index in [1.165, 1.54) is 32.1 Å². The van der Waals surface area contributed by atoms with E-state index in [0.717, 1.165) is 31.7 Å². The van der Waals surface area contributed by atoms with Gasteiger partial charge in [-0.2, -0.15) is 0 Å². The first-order valence-corrected chi connectivity index (χ1v) is 7.35. The van der Waals surface area contributed by atoms with Crippen LogP contribution < -0.4 is 10.6 Å². The van der Waals surface area contributed by atoms with Gasteiger partial charge in [-0.3, -0.25) is 0 Å². The van der Waals surface area contributed by atoms with Crippen molar-refractivity contribution in [3.05, 3.63) is 0 Å². The third-order valence-corrected chi connectivity index (χ3v) is 3.96. The molecule has 3 nitrogen and oxygen atoms in total. The lowest BCUT2D eigenvalue weighted by molar-refractivity contribution is 0.0706. The number of ether oxygens (including phenoxy) is 1. The normalized spacial score (nSPS) is 28.9. The highest BCUT2D eigenvalue weighted by atomic mass is 16.5. The Morgan fingerprint density at radius 1 is 1.35 bits per heavy atom. The molecule has 1 aliphatic heterocycles. The van der Waals surface area contributed by atoms with E-state index in [2.05, 4.69) is 24.5 Å². The second-order valence-corrected chi connectivity index (χ2v) is 5.81. The molecule has 3 unspecified atom stereocenters. The van der Waals surface area contributed by atoms with E-state index in [0.29, 0.717) is 12.1 Å². The number of hydrogen-bond acceptors (Lipinski definition) is 3. The van der Waals surface area contributed by atoms with Crippen molar-refractivity contribution in [2.24, 2.45) is 5.92 Å². The number of morpholine rings is 1. The van der Waals surface area contributed by atoms with Crippen LogP contribution in [0.2, 0.25) is 0 Å². The minimum atomic E-state index is 0.546. The second-order valence-electron chi connectivity index (χ2n) is 5.81. The van der Waals surface area contributed by atoms with Gasteiger partial charge in [0.05, 0.1) is 13.2 Å². The molecule has 3 heteroatoms. The molecule has 0 aromatic rings. The molecule has 2 aliphatic rings. The Morgan fingerprint density at radius 3 is 2.76 bits per heavy atom. The molecule has 0 aromatic heterocycles. The molecule has 0 amide bonds. The maximum atomic E-state index is 5.50. The van der Waals surface area contributed by atoms with Gasteiger partial charge in [0, 0.05) is 24.7 Å². The summed E-state index contributed by atoms with van der Waals surface area (Å²) in [4.78, 5) is 0. The molecule has 2 rings (SSSR count). The van der Waals surface area contributed by atoms with Gasteiger partial charge in [-0.1, -0.05) is 19.8 Å². The molecule has 1 saturated heterocycles. The standard InChI is InChI=1S/C14H28N2O/c1-3-13(9-12-4-5-12)16-11(2)8-14-10-17-7-6-15-14/h11-16H,3-10H2,1-2H3. The Balaban J connectivity index is 1.64. The summed E-state index contributed by atoms with van der Waals surface area (Å²) in [5.41, 5.74) is 0. The van der Waals surface area contributed by atoms with Crippen molar-refractivity contribution < 1.29 is 4.74 Å². The van der Waals surface area contributed by atoms with Crippen molar-refractivity contribution in [1.82, 2.24) is 10.6 Å². The molecule has 100 valence electrons. The molecule has 0 radical (unpaired) electrons. The van der Waals surface area contributed by atoms with Crippen molar-refractivity contribution in [2.75, 3.05) is 19.8 Å². The highest BCUT2D eigenvalue weighted by Crippen LogP contribution is 2.34. The molecule has 17 heavy (non-hydrogen) atoms. The summed E-state index contributed by atoms with van der Waals surface area (Å²) in [6.07, 6.45) is 6.75. The largest absolute Gasteiger partial charge is 0.379 e. The molecule has 1 saturated carbocycles. The molecule has 0 spiro atoms. The highest BCUT2D eigenvalue weighted by Gasteiger charge is 2.25. The third-order valence-electron chi connectivity index (χ3n) is 3.96. The van der Waals surface area contributed by atoms with Gasteiger partial charge in [-0.15, -0.1) is 0 Å². The summed E-state index contributed by atoms with van der Waals surface area (Å²) in [6, 6.07) is 1.87. The van der Waals surface area contributed by atoms with E-state index in [1.54, 1.807) is 0 Å². The zero-order chi connectivity index (χ0) is 12.1. The predicted octanol–water partition coefficient (Wildman–Crippen LogP) is 1.92. The number of rotatable bonds is 7. The minimum Gasteiger partial charge on any atom is -0.379 e. The number of nitrogens with one attached hydrogen (secondary N) is 2. The van der Waals surface area contributed by atoms with Crippen LogP contribution in [-0.4, -0.2) is 37.9 Å². The molecule has 1 heterocycles. The zero-order valence-electron chi connectivity index (χ0n) is 11.4. The molecular weight excluding hydrogens is 212 g/mol. The van der Waals surface area contributed by atoms with Crippen LogP contribution in [0.15, 0.2) is 0 Å². The van der Waals surface area contributed by atoms with Crippen molar-refractivity contribution >= 4 is 0 Å².